The summed E-state index contributed by atoms with van der Waals surface area (Å²) in [5.41, 5.74) is -0.0382. The van der Waals surface area contributed by atoms with Crippen molar-refractivity contribution >= 4 is 15.9 Å². The van der Waals surface area contributed by atoms with Gasteiger partial charge >= 0.3 is 0 Å². The molecule has 0 aliphatic rings. The van der Waals surface area contributed by atoms with E-state index in [1.807, 2.05) is 0 Å². The minimum absolute atomic E-state index is 0.0382. The van der Waals surface area contributed by atoms with Crippen molar-refractivity contribution < 1.29 is 13.5 Å². The van der Waals surface area contributed by atoms with Gasteiger partial charge in [0.05, 0.1) is 12.4 Å². The first kappa shape index (κ1) is 10.4. The van der Waals surface area contributed by atoms with E-state index in [-0.39, 0.29) is 10.9 Å². The molecule has 0 spiro atoms. The Morgan fingerprint density at radius 2 is 2.15 bits per heavy atom. The van der Waals surface area contributed by atoms with Gasteiger partial charge in [0.1, 0.15) is 5.75 Å². The minimum atomic E-state index is -2.84. The van der Waals surface area contributed by atoms with Gasteiger partial charge in [-0.1, -0.05) is 28.1 Å². The number of benzene rings is 1. The van der Waals surface area contributed by atoms with Crippen LogP contribution < -0.4 is 4.74 Å². The maximum Gasteiger partial charge on any atom is 0.282 e. The van der Waals surface area contributed by atoms with Crippen molar-refractivity contribution in [3.8, 4) is 5.75 Å². The van der Waals surface area contributed by atoms with E-state index < -0.39 is 5.92 Å². The van der Waals surface area contributed by atoms with Crippen LogP contribution in [0.25, 0.3) is 0 Å². The highest BCUT2D eigenvalue weighted by Crippen LogP contribution is 2.31. The van der Waals surface area contributed by atoms with Crippen molar-refractivity contribution in [3.05, 3.63) is 29.8 Å². The average Bonchev–Trinajstić information content (AvgIpc) is 2.18. The van der Waals surface area contributed by atoms with E-state index >= 15 is 0 Å². The summed E-state index contributed by atoms with van der Waals surface area (Å²) in [5.74, 6) is -2.40. The first-order chi connectivity index (χ1) is 6.10. The maximum atomic E-state index is 13.1. The van der Waals surface area contributed by atoms with E-state index in [2.05, 4.69) is 15.9 Å². The van der Waals surface area contributed by atoms with Crippen LogP contribution in [0.5, 0.6) is 5.75 Å². The lowest BCUT2D eigenvalue weighted by Crippen LogP contribution is -2.14. The van der Waals surface area contributed by atoms with Crippen molar-refractivity contribution in [2.45, 2.75) is 5.92 Å². The Kier molecular flexibility index (Phi) is 3.25. The molecule has 0 aromatic heterocycles. The van der Waals surface area contributed by atoms with E-state index in [9.17, 15) is 8.78 Å². The molecule has 0 fully saturated rings. The molecule has 13 heavy (non-hydrogen) atoms. The van der Waals surface area contributed by atoms with E-state index in [1.165, 1.54) is 19.2 Å². The molecule has 0 bridgehead atoms. The standard InChI is InChI=1S/C9H9BrF2O/c1-13-8-4-2-3-7(5-8)9(11,12)6-10/h2-5H,6H2,1H3. The number of ether oxygens (including phenoxy) is 1. The summed E-state index contributed by atoms with van der Waals surface area (Å²) >= 11 is 2.76. The summed E-state index contributed by atoms with van der Waals surface area (Å²) in [6.07, 6.45) is 0. The Hall–Kier alpha value is -0.640. The molecular formula is C9H9BrF2O. The number of hydrogen-bond acceptors (Lipinski definition) is 1. The Morgan fingerprint density at radius 1 is 1.46 bits per heavy atom. The van der Waals surface area contributed by atoms with Crippen molar-refractivity contribution in [3.63, 3.8) is 0 Å². The molecule has 0 aliphatic heterocycles. The first-order valence-corrected chi connectivity index (χ1v) is 4.80. The van der Waals surface area contributed by atoms with Crippen LogP contribution in [0.4, 0.5) is 8.78 Å². The van der Waals surface area contributed by atoms with Crippen LogP contribution in [0.2, 0.25) is 0 Å². The van der Waals surface area contributed by atoms with Gasteiger partial charge in [-0.2, -0.15) is 0 Å². The number of hydrogen-bond donors (Lipinski definition) is 0. The molecule has 0 amide bonds. The first-order valence-electron chi connectivity index (χ1n) is 3.68. The molecule has 1 rings (SSSR count). The second kappa shape index (κ2) is 4.05. The second-order valence-corrected chi connectivity index (χ2v) is 3.13. The molecule has 1 aromatic carbocycles. The molecule has 0 unspecified atom stereocenters. The monoisotopic (exact) mass is 250 g/mol. The fourth-order valence-electron chi connectivity index (χ4n) is 0.928. The van der Waals surface area contributed by atoms with Crippen molar-refractivity contribution in [2.75, 3.05) is 12.4 Å². The summed E-state index contributed by atoms with van der Waals surface area (Å²) in [7, 11) is 1.45. The Labute approximate surface area is 83.8 Å². The fraction of sp³-hybridized carbons (Fsp3) is 0.333. The van der Waals surface area contributed by atoms with Crippen LogP contribution in [0.1, 0.15) is 5.56 Å². The summed E-state index contributed by atoms with van der Waals surface area (Å²) in [5, 5.41) is -0.382. The van der Waals surface area contributed by atoms with E-state index in [1.54, 1.807) is 12.1 Å². The van der Waals surface area contributed by atoms with Crippen LogP contribution in [-0.2, 0) is 5.92 Å². The second-order valence-electron chi connectivity index (χ2n) is 2.57. The van der Waals surface area contributed by atoms with Gasteiger partial charge in [0.25, 0.3) is 5.92 Å². The topological polar surface area (TPSA) is 9.23 Å². The molecular weight excluding hydrogens is 242 g/mol. The third-order valence-electron chi connectivity index (χ3n) is 1.66. The molecule has 72 valence electrons. The van der Waals surface area contributed by atoms with Crippen molar-refractivity contribution in [2.24, 2.45) is 0 Å². The van der Waals surface area contributed by atoms with Crippen LogP contribution in [-0.4, -0.2) is 12.4 Å². The lowest BCUT2D eigenvalue weighted by molar-refractivity contribution is 0.0243. The number of rotatable bonds is 3. The highest BCUT2D eigenvalue weighted by atomic mass is 79.9. The van der Waals surface area contributed by atoms with E-state index in [0.29, 0.717) is 5.75 Å². The quantitative estimate of drug-likeness (QED) is 0.749. The SMILES string of the molecule is COc1cccc(C(F)(F)CBr)c1. The number of methoxy groups -OCH3 is 1. The van der Waals surface area contributed by atoms with Gasteiger partial charge in [-0.25, -0.2) is 8.78 Å². The van der Waals surface area contributed by atoms with Gasteiger partial charge < -0.3 is 4.74 Å². The van der Waals surface area contributed by atoms with Crippen LogP contribution in [0.3, 0.4) is 0 Å². The largest absolute Gasteiger partial charge is 0.497 e. The molecule has 0 radical (unpaired) electrons. The third kappa shape index (κ3) is 2.40. The summed E-state index contributed by atoms with van der Waals surface area (Å²) in [4.78, 5) is 0. The van der Waals surface area contributed by atoms with Gasteiger partial charge in [0.15, 0.2) is 0 Å². The molecule has 0 N–H and O–H groups in total. The van der Waals surface area contributed by atoms with Gasteiger partial charge in [0.2, 0.25) is 0 Å². The number of halogens is 3. The van der Waals surface area contributed by atoms with Crippen molar-refractivity contribution in [1.29, 1.82) is 0 Å². The zero-order valence-corrected chi connectivity index (χ0v) is 8.64. The fourth-order valence-corrected chi connectivity index (χ4v) is 1.25. The summed E-state index contributed by atoms with van der Waals surface area (Å²) in [6.45, 7) is 0. The lowest BCUT2D eigenvalue weighted by atomic mass is 10.1. The Balaban J connectivity index is 3.01. The summed E-state index contributed by atoms with van der Waals surface area (Å²) in [6, 6.07) is 5.89. The Morgan fingerprint density at radius 3 is 2.69 bits per heavy atom. The number of alkyl halides is 3. The molecule has 0 saturated carbocycles. The zero-order chi connectivity index (χ0) is 9.90. The molecule has 4 heteroatoms. The predicted molar refractivity (Wildman–Crippen MR) is 50.7 cm³/mol. The smallest absolute Gasteiger partial charge is 0.282 e. The van der Waals surface area contributed by atoms with Gasteiger partial charge in [0, 0.05) is 5.56 Å². The zero-order valence-electron chi connectivity index (χ0n) is 7.06. The average molecular weight is 251 g/mol. The van der Waals surface area contributed by atoms with Crippen LogP contribution in [0, 0.1) is 0 Å². The van der Waals surface area contributed by atoms with E-state index in [4.69, 9.17) is 4.74 Å². The molecule has 1 aromatic rings. The predicted octanol–water partition coefficient (Wildman–Crippen LogP) is 3.18. The van der Waals surface area contributed by atoms with Gasteiger partial charge in [-0.3, -0.25) is 0 Å². The third-order valence-corrected chi connectivity index (χ3v) is 2.36. The molecule has 0 heterocycles. The highest BCUT2D eigenvalue weighted by molar-refractivity contribution is 9.09. The molecule has 0 atom stereocenters. The van der Waals surface area contributed by atoms with Crippen LogP contribution >= 0.6 is 15.9 Å². The summed E-state index contributed by atoms with van der Waals surface area (Å²) < 4.78 is 31.0. The minimum Gasteiger partial charge on any atom is -0.497 e. The molecule has 0 aliphatic carbocycles. The lowest BCUT2D eigenvalue weighted by Gasteiger charge is -2.13. The highest BCUT2D eigenvalue weighted by Gasteiger charge is 2.29. The molecule has 0 saturated heterocycles. The molecule has 1 nitrogen and oxygen atoms in total. The Bertz CT molecular complexity index is 289. The van der Waals surface area contributed by atoms with Crippen LogP contribution in [0.15, 0.2) is 24.3 Å². The van der Waals surface area contributed by atoms with Gasteiger partial charge in [-0.05, 0) is 12.1 Å². The van der Waals surface area contributed by atoms with E-state index in [0.717, 1.165) is 0 Å². The maximum absolute atomic E-state index is 13.1. The van der Waals surface area contributed by atoms with Gasteiger partial charge in [-0.15, -0.1) is 0 Å². The normalized spacial score (nSPS) is 11.4. The van der Waals surface area contributed by atoms with Crippen molar-refractivity contribution in [1.82, 2.24) is 0 Å².